The van der Waals surface area contributed by atoms with Crippen LogP contribution in [-0.4, -0.2) is 17.7 Å². The molecule has 1 saturated heterocycles. The fraction of sp³-hybridized carbons (Fsp3) is 0.500. The van der Waals surface area contributed by atoms with E-state index in [1.54, 1.807) is 11.3 Å². The van der Waals surface area contributed by atoms with Crippen molar-refractivity contribution < 1.29 is 5.11 Å². The summed E-state index contributed by atoms with van der Waals surface area (Å²) in [5.41, 5.74) is -0.770. The second-order valence-electron chi connectivity index (χ2n) is 5.65. The van der Waals surface area contributed by atoms with E-state index in [9.17, 15) is 5.11 Å². The van der Waals surface area contributed by atoms with Gasteiger partial charge in [0.15, 0.2) is 0 Å². The van der Waals surface area contributed by atoms with Crippen LogP contribution in [-0.2, 0) is 5.60 Å². The molecule has 0 saturated carbocycles. The van der Waals surface area contributed by atoms with E-state index < -0.39 is 5.60 Å². The monoisotopic (exact) mass is 275 g/mol. The fourth-order valence-corrected chi connectivity index (χ4v) is 4.07. The van der Waals surface area contributed by atoms with Crippen molar-refractivity contribution in [3.05, 3.63) is 35.2 Å². The topological polar surface area (TPSA) is 32.3 Å². The van der Waals surface area contributed by atoms with Crippen LogP contribution >= 0.6 is 11.3 Å². The van der Waals surface area contributed by atoms with Crippen LogP contribution in [0.25, 0.3) is 10.1 Å². The van der Waals surface area contributed by atoms with Crippen LogP contribution in [0.1, 0.15) is 37.5 Å². The largest absolute Gasteiger partial charge is 0.383 e. The fourth-order valence-electron chi connectivity index (χ4n) is 2.91. The predicted molar refractivity (Wildman–Crippen MR) is 81.7 cm³/mol. The molecule has 2 aromatic rings. The second-order valence-corrected chi connectivity index (χ2v) is 6.74. The first-order valence-corrected chi connectivity index (χ1v) is 7.94. The van der Waals surface area contributed by atoms with Gasteiger partial charge in [0.2, 0.25) is 0 Å². The smallest absolute Gasteiger partial charge is 0.111 e. The van der Waals surface area contributed by atoms with Crippen molar-refractivity contribution in [2.24, 2.45) is 0 Å². The van der Waals surface area contributed by atoms with Crippen molar-refractivity contribution in [3.8, 4) is 0 Å². The summed E-state index contributed by atoms with van der Waals surface area (Å²) in [6, 6.07) is 10.7. The molecule has 0 radical (unpaired) electrons. The van der Waals surface area contributed by atoms with E-state index >= 15 is 0 Å². The molecule has 0 bridgehead atoms. The quantitative estimate of drug-likeness (QED) is 0.877. The second kappa shape index (κ2) is 5.23. The van der Waals surface area contributed by atoms with Gasteiger partial charge in [-0.1, -0.05) is 31.0 Å². The number of benzene rings is 1. The first-order chi connectivity index (χ1) is 9.18. The predicted octanol–water partition coefficient (Wildman–Crippen LogP) is 3.64. The van der Waals surface area contributed by atoms with Gasteiger partial charge >= 0.3 is 0 Å². The number of aliphatic hydroxyl groups is 1. The van der Waals surface area contributed by atoms with Gasteiger partial charge in [0, 0.05) is 15.6 Å². The molecule has 0 spiro atoms. The van der Waals surface area contributed by atoms with Gasteiger partial charge in [-0.2, -0.15) is 0 Å². The zero-order chi connectivity index (χ0) is 13.3. The van der Waals surface area contributed by atoms with Crippen LogP contribution in [0, 0.1) is 0 Å². The molecule has 2 atom stereocenters. The van der Waals surface area contributed by atoms with Crippen LogP contribution in [0.15, 0.2) is 30.3 Å². The Balaban J connectivity index is 1.93. The average molecular weight is 275 g/mol. The summed E-state index contributed by atoms with van der Waals surface area (Å²) < 4.78 is 1.26. The van der Waals surface area contributed by atoms with E-state index in [-0.39, 0.29) is 6.04 Å². The Kier molecular flexibility index (Phi) is 3.61. The zero-order valence-corrected chi connectivity index (χ0v) is 12.2. The average Bonchev–Trinajstić information content (AvgIpc) is 2.65. The minimum Gasteiger partial charge on any atom is -0.383 e. The van der Waals surface area contributed by atoms with Crippen LogP contribution < -0.4 is 5.32 Å². The molecule has 2 heterocycles. The Morgan fingerprint density at radius 2 is 2.11 bits per heavy atom. The molecule has 2 nitrogen and oxygen atoms in total. The Hall–Kier alpha value is -0.900. The summed E-state index contributed by atoms with van der Waals surface area (Å²) >= 11 is 1.71. The highest BCUT2D eigenvalue weighted by Gasteiger charge is 2.35. The van der Waals surface area contributed by atoms with Gasteiger partial charge in [-0.05, 0) is 43.8 Å². The molecule has 1 aliphatic rings. The third-order valence-electron chi connectivity index (χ3n) is 4.16. The van der Waals surface area contributed by atoms with Crippen molar-refractivity contribution >= 4 is 21.4 Å². The molecule has 1 aromatic carbocycles. The van der Waals surface area contributed by atoms with E-state index in [0.29, 0.717) is 0 Å². The third kappa shape index (κ3) is 2.55. The van der Waals surface area contributed by atoms with Gasteiger partial charge in [-0.3, -0.25) is 0 Å². The lowest BCUT2D eigenvalue weighted by Gasteiger charge is -2.32. The van der Waals surface area contributed by atoms with Crippen molar-refractivity contribution in [3.63, 3.8) is 0 Å². The summed E-state index contributed by atoms with van der Waals surface area (Å²) in [6.07, 6.45) is 4.75. The van der Waals surface area contributed by atoms with Gasteiger partial charge in [-0.15, -0.1) is 11.3 Å². The summed E-state index contributed by atoms with van der Waals surface area (Å²) in [5.74, 6) is 0. The maximum Gasteiger partial charge on any atom is 0.111 e. The Labute approximate surface area is 118 Å². The summed E-state index contributed by atoms with van der Waals surface area (Å²) in [4.78, 5) is 1.08. The van der Waals surface area contributed by atoms with Crippen molar-refractivity contribution in [2.75, 3.05) is 6.54 Å². The van der Waals surface area contributed by atoms with Crippen LogP contribution in [0.4, 0.5) is 0 Å². The lowest BCUT2D eigenvalue weighted by molar-refractivity contribution is 0.0171. The van der Waals surface area contributed by atoms with Crippen LogP contribution in [0.2, 0.25) is 0 Å². The molecular formula is C16H21NOS. The molecule has 2 unspecified atom stereocenters. The van der Waals surface area contributed by atoms with E-state index in [1.807, 2.05) is 6.92 Å². The number of hydrogen-bond donors (Lipinski definition) is 2. The number of nitrogens with one attached hydrogen (secondary N) is 1. The standard InChI is InChI=1S/C16H21NOS/c1-16(18,14-9-3-2-6-10-17-14)15-11-12-7-4-5-8-13(12)19-15/h4-5,7-8,11,14,17-18H,2-3,6,9-10H2,1H3. The normalized spacial score (nSPS) is 24.0. The minimum absolute atomic E-state index is 0.170. The third-order valence-corrected chi connectivity index (χ3v) is 5.51. The maximum atomic E-state index is 11.0. The lowest BCUT2D eigenvalue weighted by atomic mass is 9.91. The first-order valence-electron chi connectivity index (χ1n) is 7.13. The number of thiophene rings is 1. The first kappa shape index (κ1) is 13.1. The molecular weight excluding hydrogens is 254 g/mol. The van der Waals surface area contributed by atoms with Crippen molar-refractivity contribution in [2.45, 2.75) is 44.2 Å². The van der Waals surface area contributed by atoms with Gasteiger partial charge in [-0.25, -0.2) is 0 Å². The Morgan fingerprint density at radius 3 is 2.95 bits per heavy atom. The molecule has 1 aromatic heterocycles. The summed E-state index contributed by atoms with van der Waals surface area (Å²) in [7, 11) is 0. The van der Waals surface area contributed by atoms with E-state index in [1.165, 1.54) is 29.3 Å². The molecule has 19 heavy (non-hydrogen) atoms. The van der Waals surface area contributed by atoms with E-state index in [2.05, 4.69) is 35.6 Å². The minimum atomic E-state index is -0.770. The highest BCUT2D eigenvalue weighted by molar-refractivity contribution is 7.19. The molecule has 2 N–H and O–H groups in total. The molecule has 3 heteroatoms. The number of fused-ring (bicyclic) bond motifs is 1. The van der Waals surface area contributed by atoms with Crippen molar-refractivity contribution in [1.82, 2.24) is 5.32 Å². The molecule has 1 fully saturated rings. The Morgan fingerprint density at radius 1 is 1.26 bits per heavy atom. The van der Waals surface area contributed by atoms with Gasteiger partial charge < -0.3 is 10.4 Å². The van der Waals surface area contributed by atoms with Crippen molar-refractivity contribution in [1.29, 1.82) is 0 Å². The maximum absolute atomic E-state index is 11.0. The van der Waals surface area contributed by atoms with E-state index in [0.717, 1.165) is 17.8 Å². The molecule has 102 valence electrons. The molecule has 0 amide bonds. The summed E-state index contributed by atoms with van der Waals surface area (Å²) in [6.45, 7) is 2.98. The highest BCUT2D eigenvalue weighted by Crippen LogP contribution is 2.36. The highest BCUT2D eigenvalue weighted by atomic mass is 32.1. The van der Waals surface area contributed by atoms with Crippen LogP contribution in [0.5, 0.6) is 0 Å². The van der Waals surface area contributed by atoms with E-state index in [4.69, 9.17) is 0 Å². The lowest BCUT2D eigenvalue weighted by Crippen LogP contribution is -2.45. The van der Waals surface area contributed by atoms with Gasteiger partial charge in [0.05, 0.1) is 0 Å². The van der Waals surface area contributed by atoms with Crippen LogP contribution in [0.3, 0.4) is 0 Å². The summed E-state index contributed by atoms with van der Waals surface area (Å²) in [5, 5.41) is 15.7. The Bertz CT molecular complexity index is 520. The number of hydrogen-bond acceptors (Lipinski definition) is 3. The molecule has 1 aliphatic heterocycles. The SMILES string of the molecule is CC(O)(c1cc2ccccc2s1)C1CCCCCN1. The van der Waals surface area contributed by atoms with Gasteiger partial charge in [0.1, 0.15) is 5.60 Å². The molecule has 3 rings (SSSR count). The zero-order valence-electron chi connectivity index (χ0n) is 11.4. The number of rotatable bonds is 2. The molecule has 0 aliphatic carbocycles. The van der Waals surface area contributed by atoms with Gasteiger partial charge in [0.25, 0.3) is 0 Å².